The Labute approximate surface area is 89.6 Å². The van der Waals surface area contributed by atoms with Crippen LogP contribution in [-0.2, 0) is 4.79 Å². The highest BCUT2D eigenvalue weighted by Gasteiger charge is 2.36. The summed E-state index contributed by atoms with van der Waals surface area (Å²) in [7, 11) is 0. The molecule has 1 aliphatic rings. The molecule has 0 heterocycles. The molecule has 0 radical (unpaired) electrons. The monoisotopic (exact) mass is 217 g/mol. The Balaban J connectivity index is 2.15. The molecule has 0 aliphatic heterocycles. The fraction of sp³-hybridized carbons (Fsp3) is 0.900. The molecule has 1 rings (SSSR count). The number of rotatable bonds is 6. The van der Waals surface area contributed by atoms with Crippen LogP contribution in [0.1, 0.15) is 19.8 Å². The molecule has 0 spiro atoms. The lowest BCUT2D eigenvalue weighted by atomic mass is 9.79. The van der Waals surface area contributed by atoms with Gasteiger partial charge in [0.1, 0.15) is 0 Å². The maximum atomic E-state index is 10.7. The maximum absolute atomic E-state index is 10.7. The molecule has 0 aromatic rings. The predicted molar refractivity (Wildman–Crippen MR) is 59.7 cm³/mol. The van der Waals surface area contributed by atoms with Crippen LogP contribution in [-0.4, -0.2) is 35.7 Å². The normalized spacial score (nSPS) is 28.1. The number of carboxylic acids is 1. The van der Waals surface area contributed by atoms with Crippen LogP contribution in [0.3, 0.4) is 0 Å². The minimum atomic E-state index is -0.647. The average molecular weight is 217 g/mol. The molecule has 1 fully saturated rings. The number of hydrogen-bond acceptors (Lipinski definition) is 3. The molecular formula is C10H19NO2S. The smallest absolute Gasteiger partial charge is 0.308 e. The zero-order chi connectivity index (χ0) is 10.6. The summed E-state index contributed by atoms with van der Waals surface area (Å²) in [5, 5.41) is 12.2. The molecule has 0 bridgehead atoms. The van der Waals surface area contributed by atoms with Gasteiger partial charge in [0.15, 0.2) is 0 Å². The number of thioether (sulfide) groups is 1. The van der Waals surface area contributed by atoms with Gasteiger partial charge in [-0.15, -0.1) is 0 Å². The van der Waals surface area contributed by atoms with E-state index in [2.05, 4.69) is 18.5 Å². The second kappa shape index (κ2) is 5.61. The second-order valence-corrected chi connectivity index (χ2v) is 5.01. The zero-order valence-corrected chi connectivity index (χ0v) is 9.64. The first-order valence-corrected chi connectivity index (χ1v) is 6.49. The molecule has 3 unspecified atom stereocenters. The van der Waals surface area contributed by atoms with Gasteiger partial charge in [-0.25, -0.2) is 0 Å². The number of hydrogen-bond donors (Lipinski definition) is 2. The molecule has 3 atom stereocenters. The van der Waals surface area contributed by atoms with E-state index in [4.69, 9.17) is 5.11 Å². The number of carboxylic acid groups (broad SMARTS) is 1. The van der Waals surface area contributed by atoms with Crippen LogP contribution in [0, 0.1) is 11.8 Å². The van der Waals surface area contributed by atoms with Crippen molar-refractivity contribution in [2.45, 2.75) is 25.8 Å². The highest BCUT2D eigenvalue weighted by atomic mass is 32.2. The van der Waals surface area contributed by atoms with E-state index in [-0.39, 0.29) is 12.0 Å². The van der Waals surface area contributed by atoms with Gasteiger partial charge < -0.3 is 10.4 Å². The minimum Gasteiger partial charge on any atom is -0.481 e. The number of carbonyl (C=O) groups is 1. The van der Waals surface area contributed by atoms with Crippen LogP contribution in [0.15, 0.2) is 0 Å². The summed E-state index contributed by atoms with van der Waals surface area (Å²) in [6, 6.07) is 0.219. The van der Waals surface area contributed by atoms with Crippen molar-refractivity contribution in [1.29, 1.82) is 0 Å². The Bertz CT molecular complexity index is 199. The fourth-order valence-corrected chi connectivity index (χ4v) is 2.42. The van der Waals surface area contributed by atoms with Gasteiger partial charge in [-0.2, -0.15) is 11.8 Å². The van der Waals surface area contributed by atoms with E-state index in [9.17, 15) is 4.79 Å². The van der Waals surface area contributed by atoms with E-state index in [0.717, 1.165) is 25.1 Å². The lowest BCUT2D eigenvalue weighted by Gasteiger charge is -2.34. The summed E-state index contributed by atoms with van der Waals surface area (Å²) in [6.07, 6.45) is 3.95. The van der Waals surface area contributed by atoms with Gasteiger partial charge in [0, 0.05) is 6.04 Å². The van der Waals surface area contributed by atoms with Crippen molar-refractivity contribution in [2.75, 3.05) is 18.6 Å². The lowest BCUT2D eigenvalue weighted by molar-refractivity contribution is -0.146. The standard InChI is InChI=1S/C10H19NO2S/c1-7(6-14-2)5-11-9-4-3-8(9)10(12)13/h7-9,11H,3-6H2,1-2H3,(H,12,13). The van der Waals surface area contributed by atoms with Crippen LogP contribution in [0.4, 0.5) is 0 Å². The van der Waals surface area contributed by atoms with E-state index < -0.39 is 5.97 Å². The van der Waals surface area contributed by atoms with Crippen molar-refractivity contribution in [3.05, 3.63) is 0 Å². The molecule has 0 aromatic carbocycles. The summed E-state index contributed by atoms with van der Waals surface area (Å²) in [4.78, 5) is 10.7. The Morgan fingerprint density at radius 1 is 1.64 bits per heavy atom. The van der Waals surface area contributed by atoms with Crippen molar-refractivity contribution in [3.8, 4) is 0 Å². The van der Waals surface area contributed by atoms with Gasteiger partial charge in [0.25, 0.3) is 0 Å². The van der Waals surface area contributed by atoms with Gasteiger partial charge in [0.05, 0.1) is 5.92 Å². The molecular weight excluding hydrogens is 198 g/mol. The van der Waals surface area contributed by atoms with Crippen LogP contribution < -0.4 is 5.32 Å². The van der Waals surface area contributed by atoms with Crippen LogP contribution >= 0.6 is 11.8 Å². The van der Waals surface area contributed by atoms with E-state index in [0.29, 0.717) is 5.92 Å². The minimum absolute atomic E-state index is 0.142. The molecule has 1 saturated carbocycles. The van der Waals surface area contributed by atoms with Crippen LogP contribution in [0.25, 0.3) is 0 Å². The molecule has 1 aliphatic carbocycles. The number of nitrogens with one attached hydrogen (secondary N) is 1. The first kappa shape index (κ1) is 11.9. The van der Waals surface area contributed by atoms with Crippen LogP contribution in [0.5, 0.6) is 0 Å². The van der Waals surface area contributed by atoms with Crippen molar-refractivity contribution in [3.63, 3.8) is 0 Å². The summed E-state index contributed by atoms with van der Waals surface area (Å²) >= 11 is 1.84. The van der Waals surface area contributed by atoms with E-state index in [1.807, 2.05) is 11.8 Å². The first-order valence-electron chi connectivity index (χ1n) is 5.10. The number of aliphatic carboxylic acids is 1. The van der Waals surface area contributed by atoms with E-state index >= 15 is 0 Å². The van der Waals surface area contributed by atoms with E-state index in [1.54, 1.807) is 0 Å². The van der Waals surface area contributed by atoms with Gasteiger partial charge in [-0.1, -0.05) is 6.92 Å². The fourth-order valence-electron chi connectivity index (χ4n) is 1.74. The van der Waals surface area contributed by atoms with Crippen molar-refractivity contribution in [2.24, 2.45) is 11.8 Å². The van der Waals surface area contributed by atoms with Crippen molar-refractivity contribution >= 4 is 17.7 Å². The third-order valence-electron chi connectivity index (χ3n) is 2.77. The molecule has 0 saturated heterocycles. The Morgan fingerprint density at radius 3 is 2.79 bits per heavy atom. The molecule has 0 aromatic heterocycles. The first-order chi connectivity index (χ1) is 6.65. The summed E-state index contributed by atoms with van der Waals surface area (Å²) in [6.45, 7) is 3.13. The lowest BCUT2D eigenvalue weighted by Crippen LogP contribution is -2.48. The quantitative estimate of drug-likeness (QED) is 0.707. The SMILES string of the molecule is CSCC(C)CNC1CCC1C(=O)O. The summed E-state index contributed by atoms with van der Waals surface area (Å²) < 4.78 is 0. The van der Waals surface area contributed by atoms with Gasteiger partial charge in [-0.3, -0.25) is 4.79 Å². The highest BCUT2D eigenvalue weighted by molar-refractivity contribution is 7.98. The third kappa shape index (κ3) is 3.17. The second-order valence-electron chi connectivity index (χ2n) is 4.10. The Hall–Kier alpha value is -0.220. The summed E-state index contributed by atoms with van der Waals surface area (Å²) in [5.74, 6) is 0.972. The topological polar surface area (TPSA) is 49.3 Å². The molecule has 82 valence electrons. The predicted octanol–water partition coefficient (Wildman–Crippen LogP) is 1.44. The Morgan fingerprint density at radius 2 is 2.36 bits per heavy atom. The Kier molecular flexibility index (Phi) is 4.75. The third-order valence-corrected chi connectivity index (χ3v) is 3.67. The summed E-state index contributed by atoms with van der Waals surface area (Å²) in [5.41, 5.74) is 0. The zero-order valence-electron chi connectivity index (χ0n) is 8.82. The van der Waals surface area contributed by atoms with Crippen molar-refractivity contribution < 1.29 is 9.90 Å². The van der Waals surface area contributed by atoms with E-state index in [1.165, 1.54) is 0 Å². The van der Waals surface area contributed by atoms with Gasteiger partial charge >= 0.3 is 5.97 Å². The average Bonchev–Trinajstić information content (AvgIpc) is 2.01. The van der Waals surface area contributed by atoms with Crippen molar-refractivity contribution in [1.82, 2.24) is 5.32 Å². The largest absolute Gasteiger partial charge is 0.481 e. The van der Waals surface area contributed by atoms with Gasteiger partial charge in [0.2, 0.25) is 0 Å². The highest BCUT2D eigenvalue weighted by Crippen LogP contribution is 2.27. The van der Waals surface area contributed by atoms with Crippen LogP contribution in [0.2, 0.25) is 0 Å². The van der Waals surface area contributed by atoms with Gasteiger partial charge in [-0.05, 0) is 37.3 Å². The molecule has 2 N–H and O–H groups in total. The molecule has 14 heavy (non-hydrogen) atoms. The maximum Gasteiger partial charge on any atom is 0.308 e. The molecule has 4 heteroatoms. The molecule has 3 nitrogen and oxygen atoms in total. The molecule has 0 amide bonds.